The minimum absolute atomic E-state index is 0.206. The molecule has 0 aromatic carbocycles. The van der Waals surface area contributed by atoms with Gasteiger partial charge in [0.25, 0.3) is 5.56 Å². The van der Waals surface area contributed by atoms with Gasteiger partial charge in [0.1, 0.15) is 24.4 Å². The molecule has 1 aromatic heterocycles. The van der Waals surface area contributed by atoms with E-state index in [1.807, 2.05) is 4.98 Å². The third kappa shape index (κ3) is 2.03. The summed E-state index contributed by atoms with van der Waals surface area (Å²) in [6.45, 7) is -0.611. The predicted molar refractivity (Wildman–Crippen MR) is 54.4 cm³/mol. The summed E-state index contributed by atoms with van der Waals surface area (Å²) in [5.74, 6) is 0. The predicted octanol–water partition coefficient (Wildman–Crippen LogP) is -2.78. The number of aromatic amines is 2. The second-order valence-corrected chi connectivity index (χ2v) is 3.63. The van der Waals surface area contributed by atoms with E-state index in [1.165, 1.54) is 0 Å². The van der Waals surface area contributed by atoms with E-state index in [4.69, 9.17) is 11.2 Å². The second kappa shape index (κ2) is 4.41. The van der Waals surface area contributed by atoms with Crippen molar-refractivity contribution in [1.29, 1.82) is 0 Å². The van der Waals surface area contributed by atoms with E-state index < -0.39 is 42.2 Å². The summed E-state index contributed by atoms with van der Waals surface area (Å²) in [4.78, 5) is 26.5. The van der Waals surface area contributed by atoms with E-state index >= 15 is 0 Å². The fraction of sp³-hybridized carbons (Fsp3) is 0.556. The summed E-state index contributed by atoms with van der Waals surface area (Å²) in [5.41, 5.74) is -1.78. The summed E-state index contributed by atoms with van der Waals surface area (Å²) < 4.78 is 12.7. The van der Waals surface area contributed by atoms with Crippen LogP contribution in [-0.4, -0.2) is 50.2 Å². The van der Waals surface area contributed by atoms with Crippen LogP contribution in [0.1, 0.15) is 13.0 Å². The smallest absolute Gasteiger partial charge is 0.325 e. The number of aliphatic hydroxyl groups excluding tert-OH is 2. The molecule has 1 aliphatic heterocycles. The van der Waals surface area contributed by atoms with Crippen molar-refractivity contribution in [2.45, 2.75) is 24.4 Å². The van der Waals surface area contributed by atoms with Gasteiger partial charge in [-0.15, -0.1) is 0 Å². The number of hydrogen-bond donors (Lipinski definition) is 5. The van der Waals surface area contributed by atoms with Gasteiger partial charge in [0.2, 0.25) is 0 Å². The summed E-state index contributed by atoms with van der Waals surface area (Å²) in [5, 5.41) is 28.3. The molecule has 0 bridgehead atoms. The Kier molecular flexibility index (Phi) is 2.77. The molecule has 0 unspecified atom stereocenters. The molecular formula is C9H12N2O6. The van der Waals surface area contributed by atoms with Crippen LogP contribution in [0.2, 0.25) is 0 Å². The minimum Gasteiger partial charge on any atom is -0.394 e. The molecule has 2 rings (SSSR count). The normalized spacial score (nSPS) is 38.1. The molecule has 5 N–H and O–H groups in total. The molecule has 4 atom stereocenters. The van der Waals surface area contributed by atoms with Crippen molar-refractivity contribution < 1.29 is 21.4 Å². The largest absolute Gasteiger partial charge is 0.394 e. The molecule has 0 aliphatic carbocycles. The molecule has 94 valence electrons. The van der Waals surface area contributed by atoms with Gasteiger partial charge >= 0.3 is 5.69 Å². The van der Waals surface area contributed by atoms with Crippen molar-refractivity contribution in [3.8, 4) is 0 Å². The first-order valence-electron chi connectivity index (χ1n) is 5.36. The van der Waals surface area contributed by atoms with Crippen molar-refractivity contribution in [3.05, 3.63) is 32.6 Å². The van der Waals surface area contributed by atoms with Crippen molar-refractivity contribution in [3.63, 3.8) is 0 Å². The lowest BCUT2D eigenvalue weighted by Crippen LogP contribution is -2.34. The van der Waals surface area contributed by atoms with Gasteiger partial charge in [0, 0.05) is 6.20 Å². The van der Waals surface area contributed by atoms with Gasteiger partial charge in [-0.3, -0.25) is 9.78 Å². The molecule has 1 aliphatic rings. The number of ether oxygens (including phenoxy) is 1. The number of aliphatic hydroxyl groups is 3. The molecule has 0 radical (unpaired) electrons. The highest BCUT2D eigenvalue weighted by atomic mass is 16.6. The van der Waals surface area contributed by atoms with E-state index in [2.05, 4.69) is 4.98 Å². The third-order valence-corrected chi connectivity index (χ3v) is 2.55. The highest BCUT2D eigenvalue weighted by molar-refractivity contribution is 5.13. The molecule has 1 aromatic rings. The molecular weight excluding hydrogens is 232 g/mol. The van der Waals surface area contributed by atoms with Gasteiger partial charge in [0.05, 0.1) is 13.5 Å². The first kappa shape index (κ1) is 10.7. The van der Waals surface area contributed by atoms with Crippen LogP contribution in [0.3, 0.4) is 0 Å². The molecule has 1 saturated heterocycles. The van der Waals surface area contributed by atoms with Crippen LogP contribution in [-0.2, 0) is 4.74 Å². The quantitative estimate of drug-likeness (QED) is 0.382. The Morgan fingerprint density at radius 2 is 2.18 bits per heavy atom. The van der Waals surface area contributed by atoms with Crippen LogP contribution in [0.25, 0.3) is 0 Å². The number of hydrogen-bond acceptors (Lipinski definition) is 6. The van der Waals surface area contributed by atoms with Crippen LogP contribution in [0.4, 0.5) is 0 Å². The SMILES string of the molecule is [2H][C@@]1(O)[C@H](O)[C@@H](CO)O[C@H]1c1c[nH]c(=O)[nH]c1=O. The Bertz CT molecular complexity index is 552. The summed E-state index contributed by atoms with van der Waals surface area (Å²) in [6.07, 6.45) is -5.80. The second-order valence-electron chi connectivity index (χ2n) is 3.63. The van der Waals surface area contributed by atoms with E-state index in [-0.39, 0.29) is 5.56 Å². The number of aromatic nitrogens is 2. The van der Waals surface area contributed by atoms with Crippen molar-refractivity contribution in [2.75, 3.05) is 6.61 Å². The topological polar surface area (TPSA) is 136 Å². The standard InChI is InChI=1S/C9H12N2O6/c12-2-4-5(13)6(14)7(17-4)3-1-10-9(16)11-8(3)15/h1,4-7,12-14H,2H2,(H2,10,11,15,16)/t4-,5-,6-,7+/m1/s1/i6D. The fourth-order valence-electron chi connectivity index (χ4n) is 1.65. The van der Waals surface area contributed by atoms with Gasteiger partial charge < -0.3 is 25.0 Å². The van der Waals surface area contributed by atoms with Crippen LogP contribution in [0, 0.1) is 0 Å². The lowest BCUT2D eigenvalue weighted by atomic mass is 10.0. The van der Waals surface area contributed by atoms with E-state index in [0.29, 0.717) is 0 Å². The first-order chi connectivity index (χ1) is 8.37. The first-order valence-corrected chi connectivity index (χ1v) is 4.86. The third-order valence-electron chi connectivity index (χ3n) is 2.55. The van der Waals surface area contributed by atoms with Gasteiger partial charge in [-0.2, -0.15) is 0 Å². The zero-order valence-corrected chi connectivity index (χ0v) is 8.58. The lowest BCUT2D eigenvalue weighted by molar-refractivity contribution is -0.0232. The summed E-state index contributed by atoms with van der Waals surface area (Å²) >= 11 is 0. The zero-order chi connectivity index (χ0) is 13.5. The molecule has 0 amide bonds. The van der Waals surface area contributed by atoms with Crippen molar-refractivity contribution in [1.82, 2.24) is 9.97 Å². The van der Waals surface area contributed by atoms with Gasteiger partial charge in [0.15, 0.2) is 0 Å². The molecule has 2 heterocycles. The maximum absolute atomic E-state index is 11.5. The van der Waals surface area contributed by atoms with E-state index in [0.717, 1.165) is 6.20 Å². The monoisotopic (exact) mass is 245 g/mol. The van der Waals surface area contributed by atoms with Gasteiger partial charge in [-0.1, -0.05) is 0 Å². The maximum Gasteiger partial charge on any atom is 0.325 e. The number of nitrogens with one attached hydrogen (secondary N) is 2. The van der Waals surface area contributed by atoms with Crippen LogP contribution < -0.4 is 11.2 Å². The molecule has 0 spiro atoms. The number of H-pyrrole nitrogens is 2. The molecule has 1 fully saturated rings. The fourth-order valence-corrected chi connectivity index (χ4v) is 1.65. The molecule has 0 saturated carbocycles. The highest BCUT2D eigenvalue weighted by Crippen LogP contribution is 2.31. The molecule has 8 heteroatoms. The Hall–Kier alpha value is -1.48. The Morgan fingerprint density at radius 1 is 1.47 bits per heavy atom. The Morgan fingerprint density at radius 3 is 2.71 bits per heavy atom. The average molecular weight is 245 g/mol. The van der Waals surface area contributed by atoms with Crippen LogP contribution in [0.15, 0.2) is 15.8 Å². The Balaban J connectivity index is 2.45. The van der Waals surface area contributed by atoms with Crippen LogP contribution in [0.5, 0.6) is 0 Å². The van der Waals surface area contributed by atoms with Gasteiger partial charge in [-0.05, 0) is 0 Å². The maximum atomic E-state index is 11.5. The molecule has 8 nitrogen and oxygen atoms in total. The molecule has 17 heavy (non-hydrogen) atoms. The van der Waals surface area contributed by atoms with E-state index in [1.54, 1.807) is 0 Å². The van der Waals surface area contributed by atoms with Gasteiger partial charge in [-0.25, -0.2) is 4.79 Å². The van der Waals surface area contributed by atoms with Crippen molar-refractivity contribution in [2.24, 2.45) is 0 Å². The minimum atomic E-state index is -2.49. The lowest BCUT2D eigenvalue weighted by Gasteiger charge is -2.13. The summed E-state index contributed by atoms with van der Waals surface area (Å²) in [6, 6.07) is 0. The summed E-state index contributed by atoms with van der Waals surface area (Å²) in [7, 11) is 0. The van der Waals surface area contributed by atoms with Crippen LogP contribution >= 0.6 is 0 Å². The van der Waals surface area contributed by atoms with E-state index in [9.17, 15) is 19.8 Å². The average Bonchev–Trinajstić information content (AvgIpc) is 2.52. The number of rotatable bonds is 2. The highest BCUT2D eigenvalue weighted by Gasteiger charge is 2.44. The Labute approximate surface area is 95.9 Å². The zero-order valence-electron chi connectivity index (χ0n) is 9.58. The van der Waals surface area contributed by atoms with Crippen molar-refractivity contribution >= 4 is 0 Å².